The van der Waals surface area contributed by atoms with E-state index in [-0.39, 0.29) is 51.0 Å². The van der Waals surface area contributed by atoms with Crippen molar-refractivity contribution in [2.24, 2.45) is 0 Å². The maximum absolute atomic E-state index is 3.47. The molecule has 2 saturated heterocycles. The van der Waals surface area contributed by atoms with Gasteiger partial charge < -0.3 is 24.8 Å². The van der Waals surface area contributed by atoms with Gasteiger partial charge in [-0.25, -0.2) is 22.5 Å². The van der Waals surface area contributed by atoms with E-state index in [9.17, 15) is 0 Å². The fraction of sp³-hybridized carbons (Fsp3) is 0.556. The summed E-state index contributed by atoms with van der Waals surface area (Å²) in [7, 11) is -1.69. The molecule has 0 radical (unpaired) electrons. The summed E-state index contributed by atoms with van der Waals surface area (Å²) in [5.41, 5.74) is 0. The molecule has 2 aliphatic carbocycles. The summed E-state index contributed by atoms with van der Waals surface area (Å²) in [5.74, 6) is 0. The van der Waals surface area contributed by atoms with Crippen molar-refractivity contribution in [3.63, 3.8) is 0 Å². The van der Waals surface area contributed by atoms with Crippen molar-refractivity contribution >= 4 is 16.1 Å². The van der Waals surface area contributed by atoms with Crippen LogP contribution in [0.3, 0.4) is 0 Å². The van der Waals surface area contributed by atoms with Crippen molar-refractivity contribution in [2.45, 2.75) is 63.0 Å². The van der Waals surface area contributed by atoms with Crippen LogP contribution in [-0.2, 0) is 26.2 Å². The third-order valence-electron chi connectivity index (χ3n) is 5.60. The van der Waals surface area contributed by atoms with Crippen molar-refractivity contribution in [1.29, 1.82) is 0 Å². The number of allylic oxidation sites excluding steroid dienone is 8. The molecule has 4 rings (SSSR count). The molecular formula is C18H26Cl2Si2Zr. The predicted octanol–water partition coefficient (Wildman–Crippen LogP) is -0.600. The maximum Gasteiger partial charge on any atom is 4.00 e. The van der Waals surface area contributed by atoms with Crippen LogP contribution in [0.4, 0.5) is 0 Å². The van der Waals surface area contributed by atoms with Gasteiger partial charge in [-0.05, 0) is 0 Å². The molecule has 0 saturated carbocycles. The van der Waals surface area contributed by atoms with Crippen molar-refractivity contribution < 1.29 is 51.0 Å². The number of hydrogen-bond donors (Lipinski definition) is 0. The fourth-order valence-corrected chi connectivity index (χ4v) is 9.60. The summed E-state index contributed by atoms with van der Waals surface area (Å²) < 4.78 is 0. The fourth-order valence-electron chi connectivity index (χ4n) is 3.59. The van der Waals surface area contributed by atoms with Crippen LogP contribution in [0.2, 0.25) is 37.3 Å². The van der Waals surface area contributed by atoms with Gasteiger partial charge in [-0.3, -0.25) is 12.2 Å². The van der Waals surface area contributed by atoms with Crippen LogP contribution in [0.25, 0.3) is 0 Å². The number of rotatable bonds is 2. The molecule has 0 unspecified atom stereocenters. The Morgan fingerprint density at radius 2 is 1.09 bits per heavy atom. The number of halogens is 2. The molecule has 0 amide bonds. The maximum atomic E-state index is 3.47. The normalized spacial score (nSPS) is 24.3. The van der Waals surface area contributed by atoms with E-state index in [1.165, 1.54) is 37.0 Å². The molecule has 0 atom stereocenters. The van der Waals surface area contributed by atoms with E-state index in [1.807, 2.05) is 0 Å². The quantitative estimate of drug-likeness (QED) is 0.382. The van der Waals surface area contributed by atoms with Gasteiger partial charge >= 0.3 is 26.2 Å². The smallest absolute Gasteiger partial charge is 1.00 e. The van der Waals surface area contributed by atoms with Gasteiger partial charge in [0.25, 0.3) is 0 Å². The molecule has 0 bridgehead atoms. The average molecular weight is 461 g/mol. The minimum Gasteiger partial charge on any atom is -1.00 e. The molecule has 5 heteroatoms. The van der Waals surface area contributed by atoms with Gasteiger partial charge in [-0.1, -0.05) is 50.1 Å². The van der Waals surface area contributed by atoms with E-state index >= 15 is 0 Å². The molecular weight excluding hydrogens is 434 g/mol. The van der Waals surface area contributed by atoms with Crippen LogP contribution in [0.5, 0.6) is 0 Å². The third kappa shape index (κ3) is 5.41. The summed E-state index contributed by atoms with van der Waals surface area (Å²) in [6.45, 7) is 4.99. The Kier molecular flexibility index (Phi) is 10.5. The molecule has 0 aromatic heterocycles. The first-order chi connectivity index (χ1) is 9.62. The Morgan fingerprint density at radius 3 is 1.26 bits per heavy atom. The summed E-state index contributed by atoms with van der Waals surface area (Å²) in [5, 5.41) is 3.22. The van der Waals surface area contributed by atoms with Gasteiger partial charge in [0.1, 0.15) is 0 Å². The number of hydrogen-bond acceptors (Lipinski definition) is 0. The average Bonchev–Trinajstić information content (AvgIpc) is 3.06. The van der Waals surface area contributed by atoms with Crippen molar-refractivity contribution in [3.05, 3.63) is 46.8 Å². The Labute approximate surface area is 175 Å². The van der Waals surface area contributed by atoms with Crippen molar-refractivity contribution in [1.82, 2.24) is 0 Å². The van der Waals surface area contributed by atoms with Gasteiger partial charge in [0.05, 0.1) is 0 Å². The topological polar surface area (TPSA) is 0 Å². The van der Waals surface area contributed by atoms with Gasteiger partial charge in [-0.15, -0.1) is 12.8 Å². The van der Waals surface area contributed by atoms with Crippen LogP contribution >= 0.6 is 0 Å². The van der Waals surface area contributed by atoms with Crippen molar-refractivity contribution in [3.8, 4) is 0 Å². The van der Waals surface area contributed by atoms with E-state index in [1.54, 1.807) is 10.4 Å². The Morgan fingerprint density at radius 1 is 0.739 bits per heavy atom. The first kappa shape index (κ1) is 23.9. The van der Waals surface area contributed by atoms with E-state index in [2.05, 4.69) is 49.6 Å². The van der Waals surface area contributed by atoms with Gasteiger partial charge in [0.2, 0.25) is 0 Å². The summed E-state index contributed by atoms with van der Waals surface area (Å²) in [4.78, 5) is 0. The second-order valence-corrected chi connectivity index (χ2v) is 16.5. The second-order valence-electron chi connectivity index (χ2n) is 7.22. The molecule has 2 fully saturated rings. The SMILES string of the molecule is C[Si]1(C2=[C-]CC=C2)CCC1.C[Si]1(C2=[C-]CC=C2)CCC1.[Cl-].[Cl-].[Zr+4]. The Bertz CT molecular complexity index is 455. The molecule has 4 aliphatic rings. The van der Waals surface area contributed by atoms with E-state index in [0.29, 0.717) is 0 Å². The molecule has 23 heavy (non-hydrogen) atoms. The predicted molar refractivity (Wildman–Crippen MR) is 92.7 cm³/mol. The molecule has 0 N–H and O–H groups in total. The molecule has 0 aromatic carbocycles. The third-order valence-corrected chi connectivity index (χ3v) is 14.7. The van der Waals surface area contributed by atoms with Crippen LogP contribution in [-0.4, -0.2) is 16.1 Å². The van der Waals surface area contributed by atoms with Crippen LogP contribution in [0.1, 0.15) is 25.7 Å². The molecule has 0 nitrogen and oxygen atoms in total. The summed E-state index contributed by atoms with van der Waals surface area (Å²) in [6.07, 6.45) is 21.1. The molecule has 2 heterocycles. The molecule has 124 valence electrons. The van der Waals surface area contributed by atoms with Crippen LogP contribution in [0.15, 0.2) is 34.7 Å². The van der Waals surface area contributed by atoms with Gasteiger partial charge in [0.15, 0.2) is 0 Å². The minimum absolute atomic E-state index is 0. The standard InChI is InChI=1S/2C9H13Si.2ClH.Zr/c2*1-10(7-4-8-10)9-5-2-3-6-9;;;/h2*2,5H,3-4,7-8H2,1H3;2*1H;/q2*-1;;;+4/p-2. The Hall–Kier alpha value is 0.857. The second kappa shape index (κ2) is 10.1. The summed E-state index contributed by atoms with van der Waals surface area (Å²) in [6, 6.07) is 6.05. The zero-order chi connectivity index (χ0) is 14.1. The zero-order valence-electron chi connectivity index (χ0n) is 14.2. The first-order valence-electron chi connectivity index (χ1n) is 8.18. The van der Waals surface area contributed by atoms with Gasteiger partial charge in [0, 0.05) is 16.1 Å². The van der Waals surface area contributed by atoms with E-state index in [4.69, 9.17) is 0 Å². The van der Waals surface area contributed by atoms with Crippen LogP contribution in [0, 0.1) is 12.2 Å². The Balaban J connectivity index is 0.000000372. The minimum atomic E-state index is -0.845. The van der Waals surface area contributed by atoms with Gasteiger partial charge in [-0.2, -0.15) is 12.2 Å². The monoisotopic (exact) mass is 458 g/mol. The molecule has 2 aliphatic heterocycles. The van der Waals surface area contributed by atoms with E-state index in [0.717, 1.165) is 12.8 Å². The zero-order valence-corrected chi connectivity index (χ0v) is 20.2. The van der Waals surface area contributed by atoms with Crippen LogP contribution < -0.4 is 24.8 Å². The first-order valence-corrected chi connectivity index (χ1v) is 14.0. The van der Waals surface area contributed by atoms with Crippen molar-refractivity contribution in [2.75, 3.05) is 0 Å². The largest absolute Gasteiger partial charge is 4.00 e. The van der Waals surface area contributed by atoms with E-state index < -0.39 is 16.1 Å². The molecule has 0 spiro atoms. The summed E-state index contributed by atoms with van der Waals surface area (Å²) >= 11 is 0. The molecule has 0 aromatic rings.